The first-order chi connectivity index (χ1) is 12.2. The minimum atomic E-state index is 0.369. The van der Waals surface area contributed by atoms with Crippen molar-refractivity contribution in [2.45, 2.75) is 50.7 Å². The van der Waals surface area contributed by atoms with Crippen molar-refractivity contribution in [1.82, 2.24) is 15.1 Å². The van der Waals surface area contributed by atoms with Crippen molar-refractivity contribution in [3.63, 3.8) is 0 Å². The summed E-state index contributed by atoms with van der Waals surface area (Å²) in [5.41, 5.74) is 1.25. The Labute approximate surface area is 155 Å². The van der Waals surface area contributed by atoms with Crippen molar-refractivity contribution < 1.29 is 4.79 Å². The Morgan fingerprint density at radius 2 is 1.84 bits per heavy atom. The lowest BCUT2D eigenvalue weighted by Gasteiger charge is -2.36. The SMILES string of the molecule is O=C(CC1CC2CCC(C1)N2)N1CCN(Cc2cccc(Cl)c2)CC1. The van der Waals surface area contributed by atoms with Crippen LogP contribution in [-0.2, 0) is 11.3 Å². The molecule has 0 saturated carbocycles. The molecule has 1 N–H and O–H groups in total. The van der Waals surface area contributed by atoms with Gasteiger partial charge in [0.2, 0.25) is 5.91 Å². The molecule has 25 heavy (non-hydrogen) atoms. The van der Waals surface area contributed by atoms with E-state index >= 15 is 0 Å². The monoisotopic (exact) mass is 361 g/mol. The highest BCUT2D eigenvalue weighted by Gasteiger charge is 2.35. The smallest absolute Gasteiger partial charge is 0.222 e. The van der Waals surface area contributed by atoms with Gasteiger partial charge >= 0.3 is 0 Å². The van der Waals surface area contributed by atoms with Gasteiger partial charge in [0.05, 0.1) is 0 Å². The quantitative estimate of drug-likeness (QED) is 0.895. The van der Waals surface area contributed by atoms with Gasteiger partial charge in [0, 0.05) is 56.3 Å². The molecule has 2 bridgehead atoms. The molecule has 3 saturated heterocycles. The number of fused-ring (bicyclic) bond motifs is 2. The number of benzene rings is 1. The summed E-state index contributed by atoms with van der Waals surface area (Å²) < 4.78 is 0. The Morgan fingerprint density at radius 3 is 2.52 bits per heavy atom. The van der Waals surface area contributed by atoms with Gasteiger partial charge in [-0.2, -0.15) is 0 Å². The van der Waals surface area contributed by atoms with Crippen LogP contribution in [0.3, 0.4) is 0 Å². The van der Waals surface area contributed by atoms with E-state index in [-0.39, 0.29) is 0 Å². The van der Waals surface area contributed by atoms with E-state index in [9.17, 15) is 4.79 Å². The van der Waals surface area contributed by atoms with E-state index in [0.29, 0.717) is 23.9 Å². The molecular formula is C20H28ClN3O. The predicted molar refractivity (Wildman–Crippen MR) is 101 cm³/mol. The minimum Gasteiger partial charge on any atom is -0.340 e. The van der Waals surface area contributed by atoms with Gasteiger partial charge < -0.3 is 10.2 Å². The van der Waals surface area contributed by atoms with Gasteiger partial charge in [0.25, 0.3) is 0 Å². The van der Waals surface area contributed by atoms with Crippen LogP contribution in [0.5, 0.6) is 0 Å². The van der Waals surface area contributed by atoms with Crippen molar-refractivity contribution in [2.24, 2.45) is 5.92 Å². The highest BCUT2D eigenvalue weighted by molar-refractivity contribution is 6.30. The summed E-state index contributed by atoms with van der Waals surface area (Å²) >= 11 is 6.07. The molecule has 3 aliphatic heterocycles. The number of piperidine rings is 1. The summed E-state index contributed by atoms with van der Waals surface area (Å²) in [6.07, 6.45) is 5.74. The molecule has 1 amide bonds. The fourth-order valence-electron chi connectivity index (χ4n) is 4.77. The van der Waals surface area contributed by atoms with Crippen molar-refractivity contribution >= 4 is 17.5 Å². The molecule has 136 valence electrons. The Hall–Kier alpha value is -1.10. The molecule has 2 unspecified atom stereocenters. The number of nitrogens with zero attached hydrogens (tertiary/aromatic N) is 2. The molecule has 3 fully saturated rings. The van der Waals surface area contributed by atoms with Crippen LogP contribution in [0.25, 0.3) is 0 Å². The number of halogens is 1. The van der Waals surface area contributed by atoms with Crippen molar-refractivity contribution in [3.05, 3.63) is 34.9 Å². The van der Waals surface area contributed by atoms with Gasteiger partial charge in [-0.3, -0.25) is 9.69 Å². The van der Waals surface area contributed by atoms with E-state index in [2.05, 4.69) is 21.2 Å². The maximum Gasteiger partial charge on any atom is 0.222 e. The van der Waals surface area contributed by atoms with Crippen LogP contribution in [0.15, 0.2) is 24.3 Å². The highest BCUT2D eigenvalue weighted by Crippen LogP contribution is 2.33. The first-order valence-corrected chi connectivity index (χ1v) is 10.0. The van der Waals surface area contributed by atoms with Gasteiger partial charge in [-0.1, -0.05) is 23.7 Å². The normalized spacial score (nSPS) is 29.8. The van der Waals surface area contributed by atoms with E-state index in [0.717, 1.165) is 44.2 Å². The third-order valence-corrected chi connectivity index (χ3v) is 6.29. The average Bonchev–Trinajstić information content (AvgIpc) is 2.94. The molecule has 4 rings (SSSR count). The molecule has 1 aromatic rings. The van der Waals surface area contributed by atoms with E-state index in [1.807, 2.05) is 18.2 Å². The van der Waals surface area contributed by atoms with Crippen LogP contribution in [0.1, 0.15) is 37.7 Å². The summed E-state index contributed by atoms with van der Waals surface area (Å²) in [6.45, 7) is 4.54. The molecule has 0 spiro atoms. The Morgan fingerprint density at radius 1 is 1.12 bits per heavy atom. The number of carbonyl (C=O) groups excluding carboxylic acids is 1. The molecule has 2 atom stereocenters. The van der Waals surface area contributed by atoms with Crippen molar-refractivity contribution in [3.8, 4) is 0 Å². The maximum absolute atomic E-state index is 12.7. The predicted octanol–water partition coefficient (Wildman–Crippen LogP) is 2.90. The van der Waals surface area contributed by atoms with Crippen molar-refractivity contribution in [2.75, 3.05) is 26.2 Å². The zero-order valence-corrected chi connectivity index (χ0v) is 15.5. The molecule has 4 nitrogen and oxygen atoms in total. The Balaban J connectivity index is 1.23. The Kier molecular flexibility index (Phi) is 5.30. The topological polar surface area (TPSA) is 35.6 Å². The number of hydrogen-bond donors (Lipinski definition) is 1. The largest absolute Gasteiger partial charge is 0.340 e. The van der Waals surface area contributed by atoms with Gasteiger partial charge in [-0.25, -0.2) is 0 Å². The zero-order chi connectivity index (χ0) is 17.2. The second-order valence-corrected chi connectivity index (χ2v) is 8.40. The molecule has 5 heteroatoms. The number of nitrogens with one attached hydrogen (secondary N) is 1. The number of amides is 1. The van der Waals surface area contributed by atoms with Crippen LogP contribution in [0.2, 0.25) is 5.02 Å². The zero-order valence-electron chi connectivity index (χ0n) is 14.8. The average molecular weight is 362 g/mol. The van der Waals surface area contributed by atoms with E-state index in [4.69, 9.17) is 11.6 Å². The lowest BCUT2D eigenvalue weighted by atomic mass is 9.89. The number of carbonyl (C=O) groups is 1. The number of hydrogen-bond acceptors (Lipinski definition) is 3. The summed E-state index contributed by atoms with van der Waals surface area (Å²) in [7, 11) is 0. The second-order valence-electron chi connectivity index (χ2n) is 7.97. The summed E-state index contributed by atoms with van der Waals surface area (Å²) in [4.78, 5) is 17.2. The summed E-state index contributed by atoms with van der Waals surface area (Å²) in [5, 5.41) is 4.46. The van der Waals surface area contributed by atoms with Gasteiger partial charge in [-0.05, 0) is 49.3 Å². The molecule has 1 aromatic carbocycles. The number of rotatable bonds is 4. The standard InChI is InChI=1S/C20H28ClN3O/c21-17-3-1-2-15(10-17)14-23-6-8-24(9-7-23)20(25)13-16-11-18-4-5-19(12-16)22-18/h1-3,10,16,18-19,22H,4-9,11-14H2. The molecule has 0 aliphatic carbocycles. The van der Waals surface area contributed by atoms with Gasteiger partial charge in [0.1, 0.15) is 0 Å². The fraction of sp³-hybridized carbons (Fsp3) is 0.650. The molecule has 3 aliphatic rings. The van der Waals surface area contributed by atoms with Crippen LogP contribution in [-0.4, -0.2) is 54.0 Å². The third-order valence-electron chi connectivity index (χ3n) is 6.05. The number of piperazine rings is 1. The molecule has 3 heterocycles. The maximum atomic E-state index is 12.7. The molecule has 0 radical (unpaired) electrons. The van der Waals surface area contributed by atoms with Gasteiger partial charge in [-0.15, -0.1) is 0 Å². The van der Waals surface area contributed by atoms with Crippen LogP contribution in [0, 0.1) is 5.92 Å². The highest BCUT2D eigenvalue weighted by atomic mass is 35.5. The van der Waals surface area contributed by atoms with Gasteiger partial charge in [0.15, 0.2) is 0 Å². The first kappa shape index (κ1) is 17.3. The first-order valence-electron chi connectivity index (χ1n) is 9.66. The van der Waals surface area contributed by atoms with Crippen LogP contribution < -0.4 is 5.32 Å². The lowest BCUT2D eigenvalue weighted by Crippen LogP contribution is -2.49. The minimum absolute atomic E-state index is 0.369. The lowest BCUT2D eigenvalue weighted by molar-refractivity contribution is -0.134. The molecule has 0 aromatic heterocycles. The third kappa shape index (κ3) is 4.36. The van der Waals surface area contributed by atoms with E-state index in [1.165, 1.54) is 31.2 Å². The fourth-order valence-corrected chi connectivity index (χ4v) is 4.98. The molecular weight excluding hydrogens is 334 g/mol. The van der Waals surface area contributed by atoms with Crippen LogP contribution in [0.4, 0.5) is 0 Å². The summed E-state index contributed by atoms with van der Waals surface area (Å²) in [5.74, 6) is 0.962. The second kappa shape index (κ2) is 7.65. The van der Waals surface area contributed by atoms with Crippen molar-refractivity contribution in [1.29, 1.82) is 0 Å². The summed E-state index contributed by atoms with van der Waals surface area (Å²) in [6, 6.07) is 9.41. The Bertz CT molecular complexity index is 603. The van der Waals surface area contributed by atoms with E-state index < -0.39 is 0 Å². The van der Waals surface area contributed by atoms with E-state index in [1.54, 1.807) is 0 Å². The van der Waals surface area contributed by atoms with Crippen LogP contribution >= 0.6 is 11.6 Å².